The third-order valence-corrected chi connectivity index (χ3v) is 5.35. The molecule has 0 aliphatic carbocycles. The molecule has 0 fully saturated rings. The van der Waals surface area contributed by atoms with E-state index >= 15 is 0 Å². The number of rotatable bonds is 3. The Labute approximate surface area is 169 Å². The number of amides is 1. The van der Waals surface area contributed by atoms with Gasteiger partial charge in [-0.05, 0) is 48.2 Å². The molecule has 0 saturated carbocycles. The lowest BCUT2D eigenvalue weighted by atomic mass is 10.0. The van der Waals surface area contributed by atoms with Crippen molar-refractivity contribution in [2.75, 3.05) is 7.05 Å². The second-order valence-corrected chi connectivity index (χ2v) is 7.32. The van der Waals surface area contributed by atoms with Crippen molar-refractivity contribution in [3.8, 4) is 0 Å². The molecule has 0 radical (unpaired) electrons. The summed E-state index contributed by atoms with van der Waals surface area (Å²) in [7, 11) is 1.61. The van der Waals surface area contributed by atoms with Crippen molar-refractivity contribution < 1.29 is 13.6 Å². The van der Waals surface area contributed by atoms with Crippen LogP contribution in [0.4, 0.5) is 8.78 Å². The first kappa shape index (κ1) is 19.1. The zero-order valence-corrected chi connectivity index (χ0v) is 16.3. The third-order valence-electron chi connectivity index (χ3n) is 5.13. The van der Waals surface area contributed by atoms with Gasteiger partial charge in [0.05, 0.1) is 22.0 Å². The van der Waals surface area contributed by atoms with Crippen LogP contribution in [0.15, 0.2) is 53.7 Å². The smallest absolute Gasteiger partial charge is 0.255 e. The molecular formula is C21H16ClF2N3O2. The van der Waals surface area contributed by atoms with Crippen LogP contribution in [0.25, 0.3) is 16.3 Å². The van der Waals surface area contributed by atoms with Gasteiger partial charge in [0.15, 0.2) is 11.6 Å². The number of H-pyrrole nitrogens is 1. The van der Waals surface area contributed by atoms with Crippen molar-refractivity contribution in [1.82, 2.24) is 14.3 Å². The Hall–Kier alpha value is -3.19. The molecule has 4 rings (SSSR count). The summed E-state index contributed by atoms with van der Waals surface area (Å²) in [5.74, 6) is -2.42. The molecule has 8 heteroatoms. The Morgan fingerprint density at radius 3 is 2.55 bits per heavy atom. The summed E-state index contributed by atoms with van der Waals surface area (Å²) >= 11 is 5.99. The highest BCUT2D eigenvalue weighted by Crippen LogP contribution is 2.28. The van der Waals surface area contributed by atoms with Gasteiger partial charge in [0, 0.05) is 31.2 Å². The van der Waals surface area contributed by atoms with Gasteiger partial charge in [0.25, 0.3) is 11.5 Å². The molecule has 0 saturated heterocycles. The summed E-state index contributed by atoms with van der Waals surface area (Å²) in [6.07, 6.45) is 4.79. The van der Waals surface area contributed by atoms with E-state index in [1.165, 1.54) is 11.1 Å². The summed E-state index contributed by atoms with van der Waals surface area (Å²) in [5, 5.41) is 0.828. The van der Waals surface area contributed by atoms with E-state index in [-0.39, 0.29) is 16.7 Å². The highest BCUT2D eigenvalue weighted by molar-refractivity contribution is 6.30. The number of hydrogen-bond donors (Lipinski definition) is 1. The fourth-order valence-corrected chi connectivity index (χ4v) is 3.57. The van der Waals surface area contributed by atoms with E-state index in [1.807, 2.05) is 0 Å². The monoisotopic (exact) mass is 415 g/mol. The van der Waals surface area contributed by atoms with Gasteiger partial charge >= 0.3 is 0 Å². The van der Waals surface area contributed by atoms with E-state index in [1.54, 1.807) is 49.0 Å². The molecule has 1 N–H and O–H groups in total. The number of carbonyl (C=O) groups is 1. The van der Waals surface area contributed by atoms with Gasteiger partial charge in [-0.2, -0.15) is 0 Å². The predicted molar refractivity (Wildman–Crippen MR) is 107 cm³/mol. The Bertz CT molecular complexity index is 1330. The van der Waals surface area contributed by atoms with Crippen molar-refractivity contribution in [2.45, 2.75) is 13.0 Å². The van der Waals surface area contributed by atoms with Crippen LogP contribution in [0.5, 0.6) is 0 Å². The Kier molecular flexibility index (Phi) is 4.62. The van der Waals surface area contributed by atoms with Crippen LogP contribution < -0.4 is 5.56 Å². The van der Waals surface area contributed by atoms with Crippen LogP contribution in [0, 0.1) is 11.6 Å². The quantitative estimate of drug-likeness (QED) is 0.534. The fraction of sp³-hybridized carbons (Fsp3) is 0.143. The Balaban J connectivity index is 1.74. The van der Waals surface area contributed by atoms with Crippen LogP contribution in [-0.4, -0.2) is 27.2 Å². The molecule has 3 heterocycles. The summed E-state index contributed by atoms with van der Waals surface area (Å²) in [4.78, 5) is 29.0. The summed E-state index contributed by atoms with van der Waals surface area (Å²) in [6, 6.07) is 6.61. The van der Waals surface area contributed by atoms with Crippen molar-refractivity contribution in [3.63, 3.8) is 0 Å². The van der Waals surface area contributed by atoms with Crippen molar-refractivity contribution in [3.05, 3.63) is 87.1 Å². The maximum Gasteiger partial charge on any atom is 0.255 e. The van der Waals surface area contributed by atoms with E-state index in [0.717, 1.165) is 17.6 Å². The number of carbonyl (C=O) groups excluding carboxylic acids is 1. The van der Waals surface area contributed by atoms with Crippen LogP contribution in [0.1, 0.15) is 28.9 Å². The minimum atomic E-state index is -1.10. The molecule has 5 nitrogen and oxygen atoms in total. The number of nitrogens with one attached hydrogen (secondary N) is 1. The zero-order chi connectivity index (χ0) is 20.9. The molecule has 0 spiro atoms. The number of nitrogens with zero attached hydrogens (tertiary/aromatic N) is 2. The second-order valence-electron chi connectivity index (χ2n) is 6.89. The Morgan fingerprint density at radius 1 is 1.14 bits per heavy atom. The van der Waals surface area contributed by atoms with Gasteiger partial charge in [-0.3, -0.25) is 9.59 Å². The molecular weight excluding hydrogens is 400 g/mol. The van der Waals surface area contributed by atoms with Crippen molar-refractivity contribution in [2.24, 2.45) is 0 Å². The first-order valence-electron chi connectivity index (χ1n) is 8.81. The summed E-state index contributed by atoms with van der Waals surface area (Å²) in [5.41, 5.74) is 1.24. The summed E-state index contributed by atoms with van der Waals surface area (Å²) < 4.78 is 29.2. The number of aromatic nitrogens is 2. The van der Waals surface area contributed by atoms with E-state index in [4.69, 9.17) is 11.6 Å². The lowest BCUT2D eigenvalue weighted by Gasteiger charge is -2.26. The van der Waals surface area contributed by atoms with Gasteiger partial charge in [0.1, 0.15) is 0 Å². The van der Waals surface area contributed by atoms with Gasteiger partial charge in [-0.15, -0.1) is 0 Å². The molecule has 0 aliphatic heterocycles. The second kappa shape index (κ2) is 7.00. The molecule has 0 aliphatic rings. The molecule has 1 aromatic carbocycles. The van der Waals surface area contributed by atoms with Crippen molar-refractivity contribution in [1.29, 1.82) is 0 Å². The number of aromatic amines is 1. The van der Waals surface area contributed by atoms with E-state index in [9.17, 15) is 18.4 Å². The lowest BCUT2D eigenvalue weighted by Crippen LogP contribution is -2.30. The predicted octanol–water partition coefficient (Wildman–Crippen LogP) is 4.55. The maximum absolute atomic E-state index is 13.8. The van der Waals surface area contributed by atoms with Crippen LogP contribution in [0.2, 0.25) is 5.02 Å². The molecule has 0 unspecified atom stereocenters. The largest absolute Gasteiger partial charge is 0.335 e. The first-order valence-corrected chi connectivity index (χ1v) is 9.19. The highest BCUT2D eigenvalue weighted by atomic mass is 35.5. The highest BCUT2D eigenvalue weighted by Gasteiger charge is 2.23. The SMILES string of the molecule is C[C@H](c1c[nH]c(=O)c2cc(F)c(F)cc12)N(C)C(=O)c1cc2ccc(Cl)cn2c1. The van der Waals surface area contributed by atoms with Gasteiger partial charge < -0.3 is 14.3 Å². The molecule has 29 heavy (non-hydrogen) atoms. The van der Waals surface area contributed by atoms with E-state index in [2.05, 4.69) is 4.98 Å². The normalized spacial score (nSPS) is 12.4. The third kappa shape index (κ3) is 3.27. The topological polar surface area (TPSA) is 57.6 Å². The molecule has 1 atom stereocenters. The van der Waals surface area contributed by atoms with Gasteiger partial charge in [0.2, 0.25) is 0 Å². The minimum Gasteiger partial charge on any atom is -0.335 e. The van der Waals surface area contributed by atoms with Crippen molar-refractivity contribution >= 4 is 33.8 Å². The van der Waals surface area contributed by atoms with Crippen LogP contribution in [-0.2, 0) is 0 Å². The molecule has 0 bridgehead atoms. The number of benzene rings is 1. The zero-order valence-electron chi connectivity index (χ0n) is 15.5. The summed E-state index contributed by atoms with van der Waals surface area (Å²) in [6.45, 7) is 1.75. The van der Waals surface area contributed by atoms with Crippen LogP contribution >= 0.6 is 11.6 Å². The average Bonchev–Trinajstić information content (AvgIpc) is 3.11. The van der Waals surface area contributed by atoms with Gasteiger partial charge in [-0.1, -0.05) is 11.6 Å². The standard InChI is InChI=1S/C21H16ClF2N3O2/c1-11(17-8-25-20(28)16-7-19(24)18(23)6-15(16)17)26(2)21(29)12-5-14-4-3-13(22)10-27(14)9-12/h3-11H,1-2H3,(H,25,28)/t11-/m1/s1. The minimum absolute atomic E-state index is 0.0262. The Morgan fingerprint density at radius 2 is 1.83 bits per heavy atom. The number of pyridine rings is 2. The van der Waals surface area contributed by atoms with Gasteiger partial charge in [-0.25, -0.2) is 8.78 Å². The fourth-order valence-electron chi connectivity index (χ4n) is 3.41. The number of hydrogen-bond acceptors (Lipinski definition) is 2. The number of halogens is 3. The molecule has 148 valence electrons. The molecule has 3 aromatic heterocycles. The molecule has 4 aromatic rings. The van der Waals surface area contributed by atoms with E-state index in [0.29, 0.717) is 16.1 Å². The van der Waals surface area contributed by atoms with Crippen LogP contribution in [0.3, 0.4) is 0 Å². The average molecular weight is 416 g/mol. The lowest BCUT2D eigenvalue weighted by molar-refractivity contribution is 0.0743. The first-order chi connectivity index (χ1) is 13.8. The number of fused-ring (bicyclic) bond motifs is 2. The maximum atomic E-state index is 13.8. The van der Waals surface area contributed by atoms with E-state index < -0.39 is 23.2 Å². The molecule has 1 amide bonds.